The molecule has 0 saturated carbocycles. The summed E-state index contributed by atoms with van der Waals surface area (Å²) in [6.45, 7) is 0.491. The molecule has 2 N–H and O–H groups in total. The number of hydrogen-bond acceptors (Lipinski definition) is 3. The zero-order chi connectivity index (χ0) is 10.4. The van der Waals surface area contributed by atoms with Crippen molar-refractivity contribution in [2.24, 2.45) is 0 Å². The summed E-state index contributed by atoms with van der Waals surface area (Å²) >= 11 is 0. The molecule has 0 fully saturated rings. The highest BCUT2D eigenvalue weighted by molar-refractivity contribution is 5.68. The predicted octanol–water partition coefficient (Wildman–Crippen LogP) is 0.869. The second-order valence-corrected chi connectivity index (χ2v) is 2.86. The topological polar surface area (TPSA) is 58.6 Å². The number of hydrogen-bond donors (Lipinski definition) is 2. The van der Waals surface area contributed by atoms with E-state index in [9.17, 15) is 4.79 Å². The number of aliphatic carboxylic acids is 1. The molecule has 14 heavy (non-hydrogen) atoms. The van der Waals surface area contributed by atoms with Gasteiger partial charge in [-0.3, -0.25) is 0 Å². The zero-order valence-electron chi connectivity index (χ0n) is 7.99. The van der Waals surface area contributed by atoms with Gasteiger partial charge < -0.3 is 15.2 Å². The third-order valence-electron chi connectivity index (χ3n) is 1.67. The van der Waals surface area contributed by atoms with E-state index >= 15 is 0 Å². The van der Waals surface area contributed by atoms with Gasteiger partial charge in [0.2, 0.25) is 0 Å². The van der Waals surface area contributed by atoms with Crippen LogP contribution in [-0.2, 0) is 11.3 Å². The molecule has 0 spiro atoms. The molecule has 0 aromatic heterocycles. The fourth-order valence-corrected chi connectivity index (χ4v) is 1.05. The smallest absolute Gasteiger partial charge is 0.341 e. The number of ether oxygens (including phenoxy) is 1. The second-order valence-electron chi connectivity index (χ2n) is 2.86. The Morgan fingerprint density at radius 3 is 2.57 bits per heavy atom. The monoisotopic (exact) mass is 195 g/mol. The molecule has 0 atom stereocenters. The average molecular weight is 195 g/mol. The largest absolute Gasteiger partial charge is 0.482 e. The van der Waals surface area contributed by atoms with E-state index in [4.69, 9.17) is 9.84 Å². The first-order valence-corrected chi connectivity index (χ1v) is 4.30. The number of carbonyl (C=O) groups is 1. The van der Waals surface area contributed by atoms with E-state index in [0.717, 1.165) is 12.1 Å². The van der Waals surface area contributed by atoms with Gasteiger partial charge in [0.05, 0.1) is 0 Å². The van der Waals surface area contributed by atoms with E-state index in [2.05, 4.69) is 5.32 Å². The summed E-state index contributed by atoms with van der Waals surface area (Å²) in [5.74, 6) is -0.392. The molecule has 0 aliphatic carbocycles. The highest BCUT2D eigenvalue weighted by atomic mass is 16.5. The van der Waals surface area contributed by atoms with Crippen LogP contribution in [0.2, 0.25) is 0 Å². The maximum absolute atomic E-state index is 10.2. The minimum absolute atomic E-state index is 0.300. The Kier molecular flexibility index (Phi) is 3.94. The fourth-order valence-electron chi connectivity index (χ4n) is 1.05. The molecule has 1 aromatic rings. The van der Waals surface area contributed by atoms with Gasteiger partial charge in [0, 0.05) is 6.54 Å². The van der Waals surface area contributed by atoms with Crippen molar-refractivity contribution in [2.45, 2.75) is 6.54 Å². The number of rotatable bonds is 5. The number of carboxylic acid groups (broad SMARTS) is 1. The predicted molar refractivity (Wildman–Crippen MR) is 52.3 cm³/mol. The molecule has 4 nitrogen and oxygen atoms in total. The van der Waals surface area contributed by atoms with Crippen LogP contribution in [0.3, 0.4) is 0 Å². The van der Waals surface area contributed by atoms with Crippen molar-refractivity contribution in [3.8, 4) is 5.75 Å². The van der Waals surface area contributed by atoms with Gasteiger partial charge in [0.1, 0.15) is 5.75 Å². The normalized spacial score (nSPS) is 9.79. The summed E-state index contributed by atoms with van der Waals surface area (Å²) in [5, 5.41) is 11.4. The molecule has 0 aliphatic rings. The van der Waals surface area contributed by atoms with E-state index in [1.165, 1.54) is 0 Å². The fraction of sp³-hybridized carbons (Fsp3) is 0.300. The molecule has 1 rings (SSSR count). The van der Waals surface area contributed by atoms with Crippen LogP contribution in [0, 0.1) is 0 Å². The van der Waals surface area contributed by atoms with Crippen molar-refractivity contribution >= 4 is 5.97 Å². The van der Waals surface area contributed by atoms with Crippen LogP contribution in [0.1, 0.15) is 5.56 Å². The third-order valence-corrected chi connectivity index (χ3v) is 1.67. The average Bonchev–Trinajstić information content (AvgIpc) is 2.17. The highest BCUT2D eigenvalue weighted by Crippen LogP contribution is 2.11. The van der Waals surface area contributed by atoms with Crippen molar-refractivity contribution in [2.75, 3.05) is 13.7 Å². The lowest BCUT2D eigenvalue weighted by Gasteiger charge is -2.04. The Morgan fingerprint density at radius 2 is 2.07 bits per heavy atom. The van der Waals surface area contributed by atoms with Crippen molar-refractivity contribution in [3.63, 3.8) is 0 Å². The molecular weight excluding hydrogens is 182 g/mol. The van der Waals surface area contributed by atoms with Crippen LogP contribution in [0.15, 0.2) is 24.3 Å². The molecule has 0 aliphatic heterocycles. The quantitative estimate of drug-likeness (QED) is 0.732. The minimum Gasteiger partial charge on any atom is -0.482 e. The van der Waals surface area contributed by atoms with Gasteiger partial charge in [-0.1, -0.05) is 12.1 Å². The summed E-state index contributed by atoms with van der Waals surface area (Å²) in [6, 6.07) is 7.31. The molecule has 0 saturated heterocycles. The SMILES string of the molecule is CNCc1ccc(OCC(=O)O)cc1. The molecule has 0 amide bonds. The maximum atomic E-state index is 10.2. The van der Waals surface area contributed by atoms with Crippen LogP contribution in [-0.4, -0.2) is 24.7 Å². The third kappa shape index (κ3) is 3.45. The van der Waals surface area contributed by atoms with Crippen LogP contribution in [0.5, 0.6) is 5.75 Å². The van der Waals surface area contributed by atoms with Gasteiger partial charge in [-0.25, -0.2) is 4.79 Å². The first-order chi connectivity index (χ1) is 6.72. The summed E-state index contributed by atoms with van der Waals surface area (Å²) in [4.78, 5) is 10.2. The Morgan fingerprint density at radius 1 is 1.43 bits per heavy atom. The molecule has 4 heteroatoms. The molecule has 1 aromatic carbocycles. The lowest BCUT2D eigenvalue weighted by molar-refractivity contribution is -0.139. The first-order valence-electron chi connectivity index (χ1n) is 4.30. The Hall–Kier alpha value is -1.55. The maximum Gasteiger partial charge on any atom is 0.341 e. The molecule has 0 bridgehead atoms. The van der Waals surface area contributed by atoms with Crippen molar-refractivity contribution < 1.29 is 14.6 Å². The van der Waals surface area contributed by atoms with Gasteiger partial charge >= 0.3 is 5.97 Å². The van der Waals surface area contributed by atoms with Crippen molar-refractivity contribution in [1.82, 2.24) is 5.32 Å². The second kappa shape index (κ2) is 5.24. The van der Waals surface area contributed by atoms with Gasteiger partial charge in [-0.05, 0) is 24.7 Å². The van der Waals surface area contributed by atoms with Crippen molar-refractivity contribution in [3.05, 3.63) is 29.8 Å². The lowest BCUT2D eigenvalue weighted by Crippen LogP contribution is -2.09. The molecular formula is C10H13NO3. The molecule has 0 radical (unpaired) electrons. The number of benzene rings is 1. The Bertz CT molecular complexity index is 295. The van der Waals surface area contributed by atoms with Crippen LogP contribution in [0.25, 0.3) is 0 Å². The van der Waals surface area contributed by atoms with Gasteiger partial charge in [-0.15, -0.1) is 0 Å². The van der Waals surface area contributed by atoms with Crippen LogP contribution >= 0.6 is 0 Å². The highest BCUT2D eigenvalue weighted by Gasteiger charge is 1.98. The zero-order valence-corrected chi connectivity index (χ0v) is 7.99. The number of carboxylic acids is 1. The van der Waals surface area contributed by atoms with Crippen LogP contribution < -0.4 is 10.1 Å². The van der Waals surface area contributed by atoms with E-state index < -0.39 is 5.97 Å². The molecule has 0 unspecified atom stereocenters. The summed E-state index contributed by atoms with van der Waals surface area (Å²) in [6.07, 6.45) is 0. The van der Waals surface area contributed by atoms with Gasteiger partial charge in [-0.2, -0.15) is 0 Å². The van der Waals surface area contributed by atoms with Gasteiger partial charge in [0.25, 0.3) is 0 Å². The van der Waals surface area contributed by atoms with E-state index in [1.54, 1.807) is 12.1 Å². The summed E-state index contributed by atoms with van der Waals surface area (Å²) < 4.78 is 4.98. The first kappa shape index (κ1) is 10.5. The standard InChI is InChI=1S/C10H13NO3/c1-11-6-8-2-4-9(5-3-8)14-7-10(12)13/h2-5,11H,6-7H2,1H3,(H,12,13). The Labute approximate surface area is 82.5 Å². The number of nitrogens with one attached hydrogen (secondary N) is 1. The Balaban J connectivity index is 2.50. The lowest BCUT2D eigenvalue weighted by atomic mass is 10.2. The van der Waals surface area contributed by atoms with Crippen LogP contribution in [0.4, 0.5) is 0 Å². The minimum atomic E-state index is -0.968. The molecule has 76 valence electrons. The summed E-state index contributed by atoms with van der Waals surface area (Å²) in [7, 11) is 1.87. The van der Waals surface area contributed by atoms with E-state index in [-0.39, 0.29) is 6.61 Å². The van der Waals surface area contributed by atoms with E-state index in [1.807, 2.05) is 19.2 Å². The molecule has 0 heterocycles. The summed E-state index contributed by atoms with van der Waals surface area (Å²) in [5.41, 5.74) is 1.13. The van der Waals surface area contributed by atoms with Crippen molar-refractivity contribution in [1.29, 1.82) is 0 Å². The van der Waals surface area contributed by atoms with Gasteiger partial charge in [0.15, 0.2) is 6.61 Å². The van der Waals surface area contributed by atoms with E-state index in [0.29, 0.717) is 5.75 Å².